The van der Waals surface area contributed by atoms with Crippen molar-refractivity contribution >= 4 is 32.7 Å². The Morgan fingerprint density at radius 1 is 0.636 bits per heavy atom. The summed E-state index contributed by atoms with van der Waals surface area (Å²) in [6, 6.07) is 28.8. The Labute approximate surface area is 192 Å². The van der Waals surface area contributed by atoms with Gasteiger partial charge in [-0.1, -0.05) is 87.5 Å². The third-order valence-corrected chi connectivity index (χ3v) is 5.96. The highest BCUT2D eigenvalue weighted by molar-refractivity contribution is 6.11. The van der Waals surface area contributed by atoms with Crippen LogP contribution < -0.4 is 0 Å². The summed E-state index contributed by atoms with van der Waals surface area (Å²) in [5, 5.41) is 4.45. The molecule has 4 heteroatoms. The second-order valence-electron chi connectivity index (χ2n) is 9.40. The van der Waals surface area contributed by atoms with Gasteiger partial charge in [0, 0.05) is 27.3 Å². The topological polar surface area (TPSA) is 51.8 Å². The molecule has 4 aromatic carbocycles. The van der Waals surface area contributed by atoms with Crippen LogP contribution in [0.3, 0.4) is 0 Å². The number of hydrogen-bond acceptors (Lipinski definition) is 4. The summed E-state index contributed by atoms with van der Waals surface area (Å²) >= 11 is 0. The average molecular weight is 430 g/mol. The quantitative estimate of drug-likeness (QED) is 0.285. The van der Waals surface area contributed by atoms with Crippen molar-refractivity contribution < 1.29 is 4.42 Å². The number of nitrogens with zero attached hydrogens (tertiary/aromatic N) is 3. The first-order chi connectivity index (χ1) is 16.0. The Morgan fingerprint density at radius 3 is 2.21 bits per heavy atom. The van der Waals surface area contributed by atoms with Gasteiger partial charge in [0.15, 0.2) is 11.6 Å². The fourth-order valence-corrected chi connectivity index (χ4v) is 4.25. The van der Waals surface area contributed by atoms with Crippen molar-refractivity contribution in [3.63, 3.8) is 0 Å². The molecule has 2 aromatic heterocycles. The monoisotopic (exact) mass is 429 g/mol. The predicted octanol–water partition coefficient (Wildman–Crippen LogP) is 7.56. The highest BCUT2D eigenvalue weighted by Gasteiger charge is 2.22. The second kappa shape index (κ2) is 7.24. The molecule has 0 amide bonds. The zero-order valence-corrected chi connectivity index (χ0v) is 18.8. The van der Waals surface area contributed by atoms with Gasteiger partial charge in [0.05, 0.1) is 0 Å². The van der Waals surface area contributed by atoms with E-state index in [1.807, 2.05) is 30.3 Å². The highest BCUT2D eigenvalue weighted by atomic mass is 16.3. The van der Waals surface area contributed by atoms with Gasteiger partial charge >= 0.3 is 0 Å². The van der Waals surface area contributed by atoms with Crippen LogP contribution in [0, 0.1) is 0 Å². The minimum Gasteiger partial charge on any atom is -0.456 e. The number of aromatic nitrogens is 3. The Bertz CT molecular complexity index is 1660. The maximum Gasteiger partial charge on any atom is 0.164 e. The van der Waals surface area contributed by atoms with Crippen molar-refractivity contribution in [2.45, 2.75) is 26.2 Å². The summed E-state index contributed by atoms with van der Waals surface area (Å²) in [6.07, 6.45) is 0. The normalized spacial score (nSPS) is 12.1. The first-order valence-electron chi connectivity index (χ1n) is 11.1. The molecular weight excluding hydrogens is 406 g/mol. The molecule has 0 atom stereocenters. The van der Waals surface area contributed by atoms with Gasteiger partial charge in [-0.05, 0) is 29.0 Å². The summed E-state index contributed by atoms with van der Waals surface area (Å²) in [7, 11) is 0. The summed E-state index contributed by atoms with van der Waals surface area (Å²) in [5.41, 5.74) is 3.40. The molecule has 4 nitrogen and oxygen atoms in total. The van der Waals surface area contributed by atoms with Crippen LogP contribution in [0.2, 0.25) is 0 Å². The standard InChI is InChI=1S/C29H23N3O/c1-29(2,3)28-31-26(20-16-15-18-9-4-5-10-19(18)17-20)30-27(32-28)22-12-8-14-24-25(22)21-11-6-7-13-23(21)33-24/h4-17H,1-3H3. The van der Waals surface area contributed by atoms with Crippen molar-refractivity contribution in [2.75, 3.05) is 0 Å². The van der Waals surface area contributed by atoms with Gasteiger partial charge in [-0.3, -0.25) is 0 Å². The van der Waals surface area contributed by atoms with Gasteiger partial charge in [-0.25, -0.2) is 15.0 Å². The van der Waals surface area contributed by atoms with E-state index in [0.29, 0.717) is 11.6 Å². The zero-order valence-electron chi connectivity index (χ0n) is 18.8. The lowest BCUT2D eigenvalue weighted by Gasteiger charge is -2.18. The first kappa shape index (κ1) is 19.6. The zero-order chi connectivity index (χ0) is 22.6. The van der Waals surface area contributed by atoms with E-state index in [-0.39, 0.29) is 5.41 Å². The molecule has 33 heavy (non-hydrogen) atoms. The number of fused-ring (bicyclic) bond motifs is 4. The molecule has 2 heterocycles. The van der Waals surface area contributed by atoms with E-state index in [4.69, 9.17) is 19.4 Å². The van der Waals surface area contributed by atoms with E-state index >= 15 is 0 Å². The highest BCUT2D eigenvalue weighted by Crippen LogP contribution is 2.36. The smallest absolute Gasteiger partial charge is 0.164 e. The fourth-order valence-electron chi connectivity index (χ4n) is 4.25. The molecule has 0 fully saturated rings. The largest absolute Gasteiger partial charge is 0.456 e. The minimum absolute atomic E-state index is 0.227. The fraction of sp³-hybridized carbons (Fsp3) is 0.138. The third kappa shape index (κ3) is 3.35. The Morgan fingerprint density at radius 2 is 1.36 bits per heavy atom. The van der Waals surface area contributed by atoms with Gasteiger partial charge in [-0.2, -0.15) is 0 Å². The van der Waals surface area contributed by atoms with Crippen molar-refractivity contribution in [3.8, 4) is 22.8 Å². The maximum atomic E-state index is 6.10. The van der Waals surface area contributed by atoms with E-state index < -0.39 is 0 Å². The molecule has 0 saturated heterocycles. The number of para-hydroxylation sites is 1. The lowest BCUT2D eigenvalue weighted by molar-refractivity contribution is 0.543. The van der Waals surface area contributed by atoms with Gasteiger partial charge in [0.2, 0.25) is 0 Å². The van der Waals surface area contributed by atoms with E-state index in [1.165, 1.54) is 5.39 Å². The maximum absolute atomic E-state index is 6.10. The molecular formula is C29H23N3O. The van der Waals surface area contributed by atoms with Crippen LogP contribution in [0.5, 0.6) is 0 Å². The third-order valence-electron chi connectivity index (χ3n) is 5.96. The first-order valence-corrected chi connectivity index (χ1v) is 11.1. The van der Waals surface area contributed by atoms with Crippen LogP contribution in [0.25, 0.3) is 55.5 Å². The number of rotatable bonds is 2. The van der Waals surface area contributed by atoms with Gasteiger partial charge in [-0.15, -0.1) is 0 Å². The molecule has 0 unspecified atom stereocenters. The number of furan rings is 1. The molecule has 0 radical (unpaired) electrons. The van der Waals surface area contributed by atoms with Crippen molar-refractivity contribution in [3.05, 3.63) is 90.8 Å². The predicted molar refractivity (Wildman–Crippen MR) is 134 cm³/mol. The van der Waals surface area contributed by atoms with Gasteiger partial charge in [0.1, 0.15) is 17.0 Å². The van der Waals surface area contributed by atoms with Crippen LogP contribution in [-0.2, 0) is 5.41 Å². The van der Waals surface area contributed by atoms with E-state index in [0.717, 1.165) is 44.3 Å². The molecule has 0 aliphatic heterocycles. The summed E-state index contributed by atoms with van der Waals surface area (Å²) < 4.78 is 6.10. The van der Waals surface area contributed by atoms with Crippen LogP contribution in [0.4, 0.5) is 0 Å². The lowest BCUT2D eigenvalue weighted by atomic mass is 9.95. The van der Waals surface area contributed by atoms with Gasteiger partial charge < -0.3 is 4.42 Å². The molecule has 0 N–H and O–H groups in total. The Hall–Kier alpha value is -4.05. The number of benzene rings is 4. The lowest BCUT2D eigenvalue weighted by Crippen LogP contribution is -2.18. The minimum atomic E-state index is -0.227. The van der Waals surface area contributed by atoms with Crippen molar-refractivity contribution in [1.82, 2.24) is 15.0 Å². The second-order valence-corrected chi connectivity index (χ2v) is 9.40. The molecule has 0 spiro atoms. The number of hydrogen-bond donors (Lipinski definition) is 0. The van der Waals surface area contributed by atoms with E-state index in [1.54, 1.807) is 0 Å². The SMILES string of the molecule is CC(C)(C)c1nc(-c2ccc3ccccc3c2)nc(-c2cccc3oc4ccccc4c23)n1. The van der Waals surface area contributed by atoms with Crippen LogP contribution in [0.15, 0.2) is 89.3 Å². The summed E-state index contributed by atoms with van der Waals surface area (Å²) in [6.45, 7) is 6.39. The van der Waals surface area contributed by atoms with Crippen molar-refractivity contribution in [1.29, 1.82) is 0 Å². The summed E-state index contributed by atoms with van der Waals surface area (Å²) in [4.78, 5) is 14.8. The molecule has 6 rings (SSSR count). The Kier molecular flexibility index (Phi) is 4.31. The molecule has 0 aliphatic carbocycles. The molecule has 0 aliphatic rings. The van der Waals surface area contributed by atoms with Gasteiger partial charge in [0.25, 0.3) is 0 Å². The molecule has 0 saturated carbocycles. The van der Waals surface area contributed by atoms with E-state index in [9.17, 15) is 0 Å². The Balaban J connectivity index is 1.63. The van der Waals surface area contributed by atoms with Crippen LogP contribution in [0.1, 0.15) is 26.6 Å². The average Bonchev–Trinajstić information content (AvgIpc) is 3.22. The van der Waals surface area contributed by atoms with Crippen LogP contribution in [-0.4, -0.2) is 15.0 Å². The van der Waals surface area contributed by atoms with Crippen LogP contribution >= 0.6 is 0 Å². The molecule has 160 valence electrons. The van der Waals surface area contributed by atoms with E-state index in [2.05, 4.69) is 75.4 Å². The van der Waals surface area contributed by atoms with Crippen molar-refractivity contribution in [2.24, 2.45) is 0 Å². The summed E-state index contributed by atoms with van der Waals surface area (Å²) in [5.74, 6) is 2.11. The molecule has 6 aromatic rings. The molecule has 0 bridgehead atoms.